The van der Waals surface area contributed by atoms with Crippen LogP contribution in [0.5, 0.6) is 0 Å². The highest BCUT2D eigenvalue weighted by atomic mass is 32.2. The van der Waals surface area contributed by atoms with E-state index in [1.165, 1.54) is 11.8 Å². The molecule has 1 heterocycles. The van der Waals surface area contributed by atoms with Crippen LogP contribution in [0.3, 0.4) is 0 Å². The maximum absolute atomic E-state index is 12.6. The minimum Gasteiger partial charge on any atom is -0.338 e. The Bertz CT molecular complexity index is 805. The van der Waals surface area contributed by atoms with Gasteiger partial charge in [0.15, 0.2) is 5.16 Å². The van der Waals surface area contributed by atoms with Gasteiger partial charge in [-0.3, -0.25) is 9.36 Å². The van der Waals surface area contributed by atoms with Crippen LogP contribution < -0.4 is 0 Å². The molecule has 0 spiro atoms. The first-order valence-corrected chi connectivity index (χ1v) is 9.16. The monoisotopic (exact) mass is 352 g/mol. The number of nitrogens with zero attached hydrogens (tertiary/aromatic N) is 4. The SMILES string of the molecule is CCN(Cc1ccccc1)C(=O)CSc1nncn1-c1ccccc1. The highest BCUT2D eigenvalue weighted by molar-refractivity contribution is 7.99. The van der Waals surface area contributed by atoms with Gasteiger partial charge in [-0.2, -0.15) is 0 Å². The van der Waals surface area contributed by atoms with Crippen molar-refractivity contribution in [1.29, 1.82) is 0 Å². The molecule has 1 amide bonds. The molecule has 6 heteroatoms. The summed E-state index contributed by atoms with van der Waals surface area (Å²) in [4.78, 5) is 14.4. The fraction of sp³-hybridized carbons (Fsp3) is 0.211. The van der Waals surface area contributed by atoms with Crippen molar-refractivity contribution in [3.63, 3.8) is 0 Å². The normalized spacial score (nSPS) is 10.6. The highest BCUT2D eigenvalue weighted by Crippen LogP contribution is 2.20. The van der Waals surface area contributed by atoms with Crippen LogP contribution in [-0.4, -0.2) is 37.9 Å². The van der Waals surface area contributed by atoms with E-state index >= 15 is 0 Å². The summed E-state index contributed by atoms with van der Waals surface area (Å²) in [7, 11) is 0. The second-order valence-electron chi connectivity index (χ2n) is 5.50. The topological polar surface area (TPSA) is 51.0 Å². The van der Waals surface area contributed by atoms with E-state index in [2.05, 4.69) is 10.2 Å². The third-order valence-electron chi connectivity index (χ3n) is 3.83. The van der Waals surface area contributed by atoms with Crippen molar-refractivity contribution in [3.05, 3.63) is 72.6 Å². The van der Waals surface area contributed by atoms with Crippen molar-refractivity contribution >= 4 is 17.7 Å². The van der Waals surface area contributed by atoms with Crippen molar-refractivity contribution in [2.75, 3.05) is 12.3 Å². The molecule has 0 aliphatic rings. The Morgan fingerprint density at radius 1 is 1.08 bits per heavy atom. The van der Waals surface area contributed by atoms with Gasteiger partial charge in [-0.05, 0) is 24.6 Å². The standard InChI is InChI=1S/C19H20N4OS/c1-2-22(13-16-9-5-3-6-10-16)18(24)14-25-19-21-20-15-23(19)17-11-7-4-8-12-17/h3-12,15H,2,13-14H2,1H3. The van der Waals surface area contributed by atoms with E-state index in [4.69, 9.17) is 0 Å². The molecule has 0 saturated heterocycles. The third kappa shape index (κ3) is 4.48. The molecule has 0 aliphatic carbocycles. The molecule has 3 rings (SSSR count). The summed E-state index contributed by atoms with van der Waals surface area (Å²) in [6, 6.07) is 19.9. The Balaban J connectivity index is 1.63. The number of aromatic nitrogens is 3. The van der Waals surface area contributed by atoms with Crippen LogP contribution in [0.25, 0.3) is 5.69 Å². The van der Waals surface area contributed by atoms with E-state index in [1.807, 2.05) is 77.1 Å². The first-order valence-electron chi connectivity index (χ1n) is 8.18. The average Bonchev–Trinajstić information content (AvgIpc) is 3.14. The fourth-order valence-corrected chi connectivity index (χ4v) is 3.32. The molecular weight excluding hydrogens is 332 g/mol. The molecule has 0 saturated carbocycles. The van der Waals surface area contributed by atoms with Gasteiger partial charge in [0.2, 0.25) is 5.91 Å². The molecule has 128 valence electrons. The maximum atomic E-state index is 12.6. The molecule has 0 bridgehead atoms. The smallest absolute Gasteiger partial charge is 0.233 e. The van der Waals surface area contributed by atoms with Gasteiger partial charge in [-0.1, -0.05) is 60.3 Å². The Kier molecular flexibility index (Phi) is 5.85. The fourth-order valence-electron chi connectivity index (χ4n) is 2.49. The quantitative estimate of drug-likeness (QED) is 0.612. The second kappa shape index (κ2) is 8.48. The maximum Gasteiger partial charge on any atom is 0.233 e. The van der Waals surface area contributed by atoms with Gasteiger partial charge in [0, 0.05) is 18.8 Å². The van der Waals surface area contributed by atoms with Crippen LogP contribution in [0.1, 0.15) is 12.5 Å². The Morgan fingerprint density at radius 3 is 2.44 bits per heavy atom. The summed E-state index contributed by atoms with van der Waals surface area (Å²) >= 11 is 1.41. The Morgan fingerprint density at radius 2 is 1.76 bits per heavy atom. The summed E-state index contributed by atoms with van der Waals surface area (Å²) in [5, 5.41) is 8.83. The van der Waals surface area contributed by atoms with Crippen molar-refractivity contribution in [2.45, 2.75) is 18.6 Å². The average molecular weight is 352 g/mol. The lowest BCUT2D eigenvalue weighted by Crippen LogP contribution is -2.31. The molecule has 5 nitrogen and oxygen atoms in total. The van der Waals surface area contributed by atoms with Crippen LogP contribution in [0.2, 0.25) is 0 Å². The van der Waals surface area contributed by atoms with E-state index in [0.717, 1.165) is 16.4 Å². The predicted octanol–water partition coefficient (Wildman–Crippen LogP) is 3.41. The first kappa shape index (κ1) is 17.2. The summed E-state index contributed by atoms with van der Waals surface area (Å²) in [5.41, 5.74) is 2.12. The summed E-state index contributed by atoms with van der Waals surface area (Å²) in [6.45, 7) is 3.31. The number of benzene rings is 2. The number of carbonyl (C=O) groups is 1. The zero-order valence-corrected chi connectivity index (χ0v) is 14.9. The highest BCUT2D eigenvalue weighted by Gasteiger charge is 2.15. The summed E-state index contributed by atoms with van der Waals surface area (Å²) < 4.78 is 1.89. The van der Waals surface area contributed by atoms with E-state index in [-0.39, 0.29) is 5.91 Å². The van der Waals surface area contributed by atoms with Crippen LogP contribution in [0.4, 0.5) is 0 Å². The number of amides is 1. The number of thioether (sulfide) groups is 1. The van der Waals surface area contributed by atoms with Crippen molar-refractivity contribution in [3.8, 4) is 5.69 Å². The number of carbonyl (C=O) groups excluding carboxylic acids is 1. The molecular formula is C19H20N4OS. The van der Waals surface area contributed by atoms with Gasteiger partial charge in [-0.25, -0.2) is 0 Å². The zero-order chi connectivity index (χ0) is 17.5. The summed E-state index contributed by atoms with van der Waals surface area (Å²) in [5.74, 6) is 0.436. The molecule has 0 unspecified atom stereocenters. The number of para-hydroxylation sites is 1. The zero-order valence-electron chi connectivity index (χ0n) is 14.1. The van der Waals surface area contributed by atoms with Gasteiger partial charge >= 0.3 is 0 Å². The van der Waals surface area contributed by atoms with Crippen LogP contribution in [-0.2, 0) is 11.3 Å². The van der Waals surface area contributed by atoms with Crippen LogP contribution >= 0.6 is 11.8 Å². The lowest BCUT2D eigenvalue weighted by Gasteiger charge is -2.20. The Hall–Kier alpha value is -2.60. The number of hydrogen-bond acceptors (Lipinski definition) is 4. The molecule has 3 aromatic rings. The van der Waals surface area contributed by atoms with Gasteiger partial charge in [0.1, 0.15) is 6.33 Å². The van der Waals surface area contributed by atoms with Gasteiger partial charge < -0.3 is 4.90 Å². The number of rotatable bonds is 7. The predicted molar refractivity (Wildman–Crippen MR) is 99.6 cm³/mol. The van der Waals surface area contributed by atoms with E-state index in [0.29, 0.717) is 18.8 Å². The largest absolute Gasteiger partial charge is 0.338 e. The molecule has 2 aromatic carbocycles. The minimum atomic E-state index is 0.0963. The molecule has 25 heavy (non-hydrogen) atoms. The van der Waals surface area contributed by atoms with E-state index in [1.54, 1.807) is 6.33 Å². The van der Waals surface area contributed by atoms with Crippen LogP contribution in [0, 0.1) is 0 Å². The van der Waals surface area contributed by atoms with Gasteiger partial charge in [0.05, 0.1) is 5.75 Å². The number of hydrogen-bond donors (Lipinski definition) is 0. The second-order valence-corrected chi connectivity index (χ2v) is 6.44. The van der Waals surface area contributed by atoms with Gasteiger partial charge in [0.25, 0.3) is 0 Å². The Labute approximate surface area is 151 Å². The molecule has 0 atom stereocenters. The van der Waals surface area contributed by atoms with Crippen molar-refractivity contribution in [2.24, 2.45) is 0 Å². The minimum absolute atomic E-state index is 0.0963. The molecule has 0 N–H and O–H groups in total. The van der Waals surface area contributed by atoms with Crippen LogP contribution in [0.15, 0.2) is 72.1 Å². The lowest BCUT2D eigenvalue weighted by molar-refractivity contribution is -0.128. The molecule has 0 fully saturated rings. The first-order chi connectivity index (χ1) is 12.3. The molecule has 0 aliphatic heterocycles. The third-order valence-corrected chi connectivity index (χ3v) is 4.75. The summed E-state index contributed by atoms with van der Waals surface area (Å²) in [6.07, 6.45) is 1.67. The van der Waals surface area contributed by atoms with E-state index in [9.17, 15) is 4.79 Å². The van der Waals surface area contributed by atoms with E-state index < -0.39 is 0 Å². The molecule has 1 aromatic heterocycles. The van der Waals surface area contributed by atoms with Gasteiger partial charge in [-0.15, -0.1) is 10.2 Å². The molecule has 0 radical (unpaired) electrons. The van der Waals surface area contributed by atoms with Crippen molar-refractivity contribution < 1.29 is 4.79 Å². The van der Waals surface area contributed by atoms with Crippen molar-refractivity contribution in [1.82, 2.24) is 19.7 Å². The lowest BCUT2D eigenvalue weighted by atomic mass is 10.2.